The van der Waals surface area contributed by atoms with Gasteiger partial charge in [0.25, 0.3) is 0 Å². The molecule has 4 aliphatic rings. The summed E-state index contributed by atoms with van der Waals surface area (Å²) in [6, 6.07) is 6.56. The highest BCUT2D eigenvalue weighted by Crippen LogP contribution is 2.58. The molecule has 0 aromatic carbocycles. The van der Waals surface area contributed by atoms with Crippen molar-refractivity contribution in [2.75, 3.05) is 18.6 Å². The van der Waals surface area contributed by atoms with E-state index in [2.05, 4.69) is 43.1 Å². The SMILES string of the molecule is COc1ncc(C23CCC(CN(c4cc(-c5cnn(C(C)C)c5)ccn4)C(=O)[C@H]4CC[C@H](CC(=O)O)CC4)(CC2)CC3)cc1C. The largest absolute Gasteiger partial charge is 0.481 e. The summed E-state index contributed by atoms with van der Waals surface area (Å²) in [5.74, 6) is 0.818. The lowest BCUT2D eigenvalue weighted by atomic mass is 9.52. The molecule has 1 amide bonds. The predicted molar refractivity (Wildman–Crippen MR) is 173 cm³/mol. The van der Waals surface area contributed by atoms with E-state index in [1.54, 1.807) is 7.11 Å². The zero-order chi connectivity index (χ0) is 31.8. The molecule has 9 heteroatoms. The van der Waals surface area contributed by atoms with Crippen molar-refractivity contribution in [3.8, 4) is 17.0 Å². The first-order chi connectivity index (χ1) is 21.6. The third kappa shape index (κ3) is 6.36. The highest BCUT2D eigenvalue weighted by atomic mass is 16.5. The molecule has 0 saturated heterocycles. The number of amides is 1. The fraction of sp³-hybridized carbons (Fsp3) is 0.583. The number of carboxylic acids is 1. The summed E-state index contributed by atoms with van der Waals surface area (Å²) < 4.78 is 7.37. The first kappa shape index (κ1) is 31.2. The van der Waals surface area contributed by atoms with Crippen molar-refractivity contribution in [3.63, 3.8) is 0 Å². The van der Waals surface area contributed by atoms with Gasteiger partial charge in [-0.3, -0.25) is 19.2 Å². The minimum Gasteiger partial charge on any atom is -0.481 e. The van der Waals surface area contributed by atoms with Gasteiger partial charge < -0.3 is 9.84 Å². The standard InChI is InChI=1S/C36H47N5O4/c1-24(2)41-22-29(20-39-41)28-9-16-37-31(19-28)40(34(44)27-7-5-26(6-8-27)18-32(42)43)23-35-10-13-36(14-11-35,15-12-35)30-17-25(3)33(45-4)38-21-30/h9,16-17,19-22,24,26-27H,5-8,10-15,18,23H2,1-4H3,(H,42,43)/t26-,27-,35?,36?. The number of ether oxygens (including phenoxy) is 1. The van der Waals surface area contributed by atoms with Crippen LogP contribution >= 0.6 is 0 Å². The summed E-state index contributed by atoms with van der Waals surface area (Å²) in [6.07, 6.45) is 17.4. The van der Waals surface area contributed by atoms with E-state index in [9.17, 15) is 14.7 Å². The normalized spacial score (nSPS) is 26.2. The molecule has 0 unspecified atom stereocenters. The van der Waals surface area contributed by atoms with E-state index in [0.29, 0.717) is 18.2 Å². The molecule has 4 aliphatic carbocycles. The molecule has 3 aromatic heterocycles. The van der Waals surface area contributed by atoms with Crippen molar-refractivity contribution in [1.29, 1.82) is 0 Å². The Morgan fingerprint density at radius 1 is 1.02 bits per heavy atom. The van der Waals surface area contributed by atoms with Gasteiger partial charge in [-0.1, -0.05) is 0 Å². The molecule has 1 N–H and O–H groups in total. The maximum absolute atomic E-state index is 14.4. The highest BCUT2D eigenvalue weighted by molar-refractivity contribution is 5.95. The Morgan fingerprint density at radius 3 is 2.33 bits per heavy atom. The van der Waals surface area contributed by atoms with Crippen LogP contribution < -0.4 is 9.64 Å². The van der Waals surface area contributed by atoms with Gasteiger partial charge in [-0.05, 0) is 131 Å². The molecule has 0 atom stereocenters. The lowest BCUT2D eigenvalue weighted by Gasteiger charge is -2.55. The second-order valence-electron chi connectivity index (χ2n) is 14.3. The Morgan fingerprint density at radius 2 is 1.73 bits per heavy atom. The first-order valence-electron chi connectivity index (χ1n) is 16.7. The summed E-state index contributed by atoms with van der Waals surface area (Å²) in [5.41, 5.74) is 4.59. The highest BCUT2D eigenvalue weighted by Gasteiger charge is 2.51. The summed E-state index contributed by atoms with van der Waals surface area (Å²) in [6.45, 7) is 6.94. The first-order valence-corrected chi connectivity index (χ1v) is 16.7. The number of aliphatic carboxylic acids is 1. The average molecular weight is 614 g/mol. The molecule has 7 rings (SSSR count). The summed E-state index contributed by atoms with van der Waals surface area (Å²) in [4.78, 5) is 37.1. The van der Waals surface area contributed by atoms with Crippen LogP contribution in [0.5, 0.6) is 5.88 Å². The van der Waals surface area contributed by atoms with E-state index in [1.807, 2.05) is 40.3 Å². The fourth-order valence-corrected chi connectivity index (χ4v) is 8.20. The number of aromatic nitrogens is 4. The molecule has 3 aromatic rings. The molecule has 0 spiro atoms. The molecule has 3 heterocycles. The van der Waals surface area contributed by atoms with Gasteiger partial charge in [-0.15, -0.1) is 0 Å². The van der Waals surface area contributed by atoms with Crippen molar-refractivity contribution in [2.24, 2.45) is 17.3 Å². The molecule has 2 bridgehead atoms. The van der Waals surface area contributed by atoms with Gasteiger partial charge in [0.05, 0.1) is 13.3 Å². The smallest absolute Gasteiger partial charge is 0.303 e. The van der Waals surface area contributed by atoms with Crippen LogP contribution in [0.4, 0.5) is 5.82 Å². The van der Waals surface area contributed by atoms with Gasteiger partial charge in [0.1, 0.15) is 5.82 Å². The van der Waals surface area contributed by atoms with Gasteiger partial charge in [0.15, 0.2) is 0 Å². The Labute approximate surface area is 266 Å². The Bertz CT molecular complexity index is 1520. The molecule has 0 radical (unpaired) electrons. The van der Waals surface area contributed by atoms with Gasteiger partial charge >= 0.3 is 5.97 Å². The number of rotatable bonds is 10. The summed E-state index contributed by atoms with van der Waals surface area (Å²) in [5, 5.41) is 13.8. The molecular weight excluding hydrogens is 566 g/mol. The summed E-state index contributed by atoms with van der Waals surface area (Å²) in [7, 11) is 1.67. The number of pyridine rings is 2. The van der Waals surface area contributed by atoms with Crippen molar-refractivity contribution in [3.05, 3.63) is 54.1 Å². The molecular formula is C36H47N5O4. The number of methoxy groups -OCH3 is 1. The van der Waals surface area contributed by atoms with Gasteiger partial charge in [-0.25, -0.2) is 9.97 Å². The molecule has 4 saturated carbocycles. The van der Waals surface area contributed by atoms with Crippen molar-refractivity contribution in [2.45, 2.75) is 103 Å². The van der Waals surface area contributed by atoms with Crippen LogP contribution in [-0.2, 0) is 15.0 Å². The van der Waals surface area contributed by atoms with Crippen LogP contribution in [0, 0.1) is 24.2 Å². The monoisotopic (exact) mass is 613 g/mol. The number of fused-ring (bicyclic) bond motifs is 3. The minimum atomic E-state index is -0.751. The average Bonchev–Trinajstić information content (AvgIpc) is 3.56. The van der Waals surface area contributed by atoms with Crippen molar-refractivity contribution < 1.29 is 19.4 Å². The number of carbonyl (C=O) groups is 2. The van der Waals surface area contributed by atoms with E-state index in [-0.39, 0.29) is 41.0 Å². The topological polar surface area (TPSA) is 110 Å². The Kier molecular flexibility index (Phi) is 8.72. The lowest BCUT2D eigenvalue weighted by molar-refractivity contribution is -0.138. The van der Waals surface area contributed by atoms with Crippen LogP contribution in [0.2, 0.25) is 0 Å². The maximum atomic E-state index is 14.4. The number of carbonyl (C=O) groups excluding carboxylic acids is 1. The van der Waals surface area contributed by atoms with Crippen molar-refractivity contribution >= 4 is 17.7 Å². The van der Waals surface area contributed by atoms with E-state index in [4.69, 9.17) is 9.72 Å². The predicted octanol–water partition coefficient (Wildman–Crippen LogP) is 7.14. The van der Waals surface area contributed by atoms with E-state index in [1.165, 1.54) is 5.56 Å². The van der Waals surface area contributed by atoms with Gasteiger partial charge in [-0.2, -0.15) is 5.10 Å². The second-order valence-corrected chi connectivity index (χ2v) is 14.3. The number of anilines is 1. The lowest BCUT2D eigenvalue weighted by Crippen LogP contribution is -2.52. The number of aryl methyl sites for hydroxylation is 1. The van der Waals surface area contributed by atoms with Gasteiger partial charge in [0, 0.05) is 54.6 Å². The Balaban J connectivity index is 1.25. The van der Waals surface area contributed by atoms with E-state index in [0.717, 1.165) is 80.9 Å². The number of hydrogen-bond donors (Lipinski definition) is 1. The third-order valence-electron chi connectivity index (χ3n) is 11.1. The second kappa shape index (κ2) is 12.6. The van der Waals surface area contributed by atoms with Crippen molar-refractivity contribution in [1.82, 2.24) is 19.7 Å². The van der Waals surface area contributed by atoms with Crippen LogP contribution in [0.15, 0.2) is 43.0 Å². The molecule has 240 valence electrons. The number of carboxylic acid groups (broad SMARTS) is 1. The zero-order valence-corrected chi connectivity index (χ0v) is 27.2. The van der Waals surface area contributed by atoms with E-state index < -0.39 is 5.97 Å². The zero-order valence-electron chi connectivity index (χ0n) is 27.2. The van der Waals surface area contributed by atoms with Crippen LogP contribution in [0.3, 0.4) is 0 Å². The van der Waals surface area contributed by atoms with Crippen LogP contribution in [0.25, 0.3) is 11.1 Å². The number of nitrogens with zero attached hydrogens (tertiary/aromatic N) is 5. The Hall–Kier alpha value is -3.75. The number of hydrogen-bond acceptors (Lipinski definition) is 6. The van der Waals surface area contributed by atoms with Crippen LogP contribution in [-0.4, -0.2) is 50.4 Å². The van der Waals surface area contributed by atoms with Gasteiger partial charge in [0.2, 0.25) is 11.8 Å². The fourth-order valence-electron chi connectivity index (χ4n) is 8.20. The molecule has 4 fully saturated rings. The minimum absolute atomic E-state index is 0.0487. The maximum Gasteiger partial charge on any atom is 0.303 e. The summed E-state index contributed by atoms with van der Waals surface area (Å²) >= 11 is 0. The van der Waals surface area contributed by atoms with E-state index >= 15 is 0 Å². The quantitative estimate of drug-likeness (QED) is 0.259. The third-order valence-corrected chi connectivity index (χ3v) is 11.1. The molecule has 0 aliphatic heterocycles. The molecule has 9 nitrogen and oxygen atoms in total. The molecule has 45 heavy (non-hydrogen) atoms. The van der Waals surface area contributed by atoms with Crippen LogP contribution in [0.1, 0.15) is 102 Å².